The van der Waals surface area contributed by atoms with Crippen molar-refractivity contribution in [2.75, 3.05) is 151 Å². The number of hydrogen-bond acceptors (Lipinski definition) is 25. The fourth-order valence-corrected chi connectivity index (χ4v) is 12.6. The lowest BCUT2D eigenvalue weighted by atomic mass is 9.96. The molecular formula is C71H108N16O25. The molecule has 112 heavy (non-hydrogen) atoms. The van der Waals surface area contributed by atoms with Crippen LogP contribution in [0, 0.1) is 5.92 Å². The van der Waals surface area contributed by atoms with Crippen molar-refractivity contribution in [2.45, 2.75) is 121 Å². The van der Waals surface area contributed by atoms with Crippen LogP contribution in [0.25, 0.3) is 0 Å². The molecule has 0 bridgehead atoms. The summed E-state index contributed by atoms with van der Waals surface area (Å²) in [6, 6.07) is 3.94. The van der Waals surface area contributed by atoms with Gasteiger partial charge in [0, 0.05) is 157 Å². The molecule has 2 saturated heterocycles. The molecule has 7 atom stereocenters. The Bertz CT molecular complexity index is 3460. The van der Waals surface area contributed by atoms with Crippen molar-refractivity contribution >= 4 is 95.0 Å². The molecule has 0 aromatic heterocycles. The number of carbonyl (C=O) groups excluding carboxylic acids is 8. The molecule has 0 saturated carbocycles. The molecule has 4 rings (SSSR count). The number of carboxylic acids is 8. The van der Waals surface area contributed by atoms with E-state index in [0.717, 1.165) is 0 Å². The van der Waals surface area contributed by atoms with Crippen molar-refractivity contribution in [1.82, 2.24) is 76.4 Å². The molecule has 41 nitrogen and oxygen atoms in total. The molecule has 0 spiro atoms. The number of carbonyl (C=O) groups is 16. The van der Waals surface area contributed by atoms with Crippen LogP contribution in [-0.2, 0) is 96.2 Å². The number of benzene rings is 2. The molecule has 2 aromatic carbocycles. The normalized spacial score (nSPS) is 17.3. The Morgan fingerprint density at radius 2 is 0.741 bits per heavy atom. The molecule has 2 fully saturated rings. The minimum atomic E-state index is -1.63. The molecule has 2 aliphatic rings. The number of nitrogens with one attached hydrogen (secondary N) is 7. The SMILES string of the molecule is CC[C@@H](C)C(NC(=O)[C@H](Cc1ccc(O)cc1)NC(C)=O)C(=O)N[C@@H](CCC(N)=O)C(=O)NCc1ccc(CNC(=O)C(CNC(=O)CCC(C(=O)O)N2CCN(CC(=O)O)CCN(CC(=O)O)CCN(CC(=O)O)CC2)NC(=O)CCC(C(=O)O)N2CCN(CC(=O)O)CCN(CC(=O)O)CCN(CC(=O)O)CC2)cc1. The van der Waals surface area contributed by atoms with E-state index >= 15 is 0 Å². The smallest absolute Gasteiger partial charge is 0.320 e. The van der Waals surface area contributed by atoms with Gasteiger partial charge in [-0.25, -0.2) is 0 Å². The zero-order valence-corrected chi connectivity index (χ0v) is 63.2. The van der Waals surface area contributed by atoms with E-state index in [4.69, 9.17) is 5.73 Å². The highest BCUT2D eigenvalue weighted by Gasteiger charge is 2.35. The molecular weight excluding hydrogens is 1480 g/mol. The Kier molecular flexibility index (Phi) is 41.0. The lowest BCUT2D eigenvalue weighted by molar-refractivity contribution is -0.145. The van der Waals surface area contributed by atoms with Gasteiger partial charge < -0.3 is 88.9 Å². The number of phenolic OH excluding ortho intramolecular Hbond substituents is 1. The second-order valence-electron chi connectivity index (χ2n) is 27.6. The van der Waals surface area contributed by atoms with Crippen molar-refractivity contribution < 1.29 is 123 Å². The summed E-state index contributed by atoms with van der Waals surface area (Å²) in [5, 5.41) is 108. The second-order valence-corrected chi connectivity index (χ2v) is 27.6. The number of phenols is 1. The van der Waals surface area contributed by atoms with E-state index in [1.165, 1.54) is 58.3 Å². The van der Waals surface area contributed by atoms with Gasteiger partial charge in [-0.3, -0.25) is 116 Å². The molecule has 2 aromatic rings. The molecule has 8 amide bonds. The van der Waals surface area contributed by atoms with E-state index in [9.17, 15) is 123 Å². The van der Waals surface area contributed by atoms with Crippen LogP contribution in [0.5, 0.6) is 5.75 Å². The highest BCUT2D eigenvalue weighted by Crippen LogP contribution is 2.17. The number of hydrogen-bond donors (Lipinski definition) is 17. The van der Waals surface area contributed by atoms with E-state index in [2.05, 4.69) is 37.2 Å². The highest BCUT2D eigenvalue weighted by molar-refractivity contribution is 5.95. The Morgan fingerprint density at radius 1 is 0.393 bits per heavy atom. The number of primary amides is 1. The summed E-state index contributed by atoms with van der Waals surface area (Å²) in [5.74, 6) is -16.8. The van der Waals surface area contributed by atoms with E-state index < -0.39 is 209 Å². The molecule has 2 aliphatic heterocycles. The summed E-state index contributed by atoms with van der Waals surface area (Å²) in [6.45, 7) is 0.403. The van der Waals surface area contributed by atoms with Crippen LogP contribution in [0.4, 0.5) is 0 Å². The van der Waals surface area contributed by atoms with E-state index in [0.29, 0.717) is 23.1 Å². The summed E-state index contributed by atoms with van der Waals surface area (Å²) >= 11 is 0. The third kappa shape index (κ3) is 37.0. The standard InChI is InChI=1S/C71H108N16O25/c1-4-45(2)65(79-68(107)52(76-46(3)88)35-47-9-11-50(89)12-10-47)69(108)78-51(13-16-56(72)90)66(105)74-36-48-5-7-49(8-6-48)37-75-67(106)53(77-58(92)18-15-55(71(111)112)87-33-29-84(43-63(101)102)25-21-81(40-60(95)96)22-26-85(30-34-87)44-64(103)104)38-73-57(91)17-14-54(70(109)110)86-31-27-82(41-61(97)98)23-19-80(39-59(93)94)20-24-83(28-32-86)42-62(99)100/h5-12,45,51-55,65,89H,4,13-44H2,1-3H3,(H2,72,90)(H,73,91)(H,74,105)(H,75,106)(H,76,88)(H,77,92)(H,78,108)(H,79,107)(H,93,94)(H,95,96)(H,97,98)(H,99,100)(H,101,102)(H,103,104)(H,109,110)(H,111,112)/t45-,51+,52+,53?,54?,55?,65?/m1/s1. The highest BCUT2D eigenvalue weighted by atomic mass is 16.4. The number of nitrogens with zero attached hydrogens (tertiary/aromatic N) is 8. The van der Waals surface area contributed by atoms with Crippen molar-refractivity contribution in [1.29, 1.82) is 0 Å². The number of carboxylic acid groups (broad SMARTS) is 8. The van der Waals surface area contributed by atoms with Gasteiger partial charge in [0.05, 0.1) is 39.3 Å². The van der Waals surface area contributed by atoms with Crippen LogP contribution in [0.2, 0.25) is 0 Å². The average molecular weight is 1590 g/mol. The van der Waals surface area contributed by atoms with Crippen molar-refractivity contribution in [3.8, 4) is 5.75 Å². The first-order valence-corrected chi connectivity index (χ1v) is 36.7. The number of aliphatic carboxylic acids is 8. The first kappa shape index (κ1) is 93.8. The number of amides is 8. The molecule has 4 unspecified atom stereocenters. The number of rotatable bonds is 43. The average Bonchev–Trinajstić information content (AvgIpc) is 0.847. The number of nitrogens with two attached hydrogens (primary N) is 1. The Labute approximate surface area is 646 Å². The molecule has 0 radical (unpaired) electrons. The summed E-state index contributed by atoms with van der Waals surface area (Å²) in [4.78, 5) is 218. The van der Waals surface area contributed by atoms with E-state index in [1.807, 2.05) is 0 Å². The summed E-state index contributed by atoms with van der Waals surface area (Å²) < 4.78 is 0. The van der Waals surface area contributed by atoms with Crippen LogP contribution in [0.1, 0.15) is 82.4 Å². The summed E-state index contributed by atoms with van der Waals surface area (Å²) in [7, 11) is 0. The van der Waals surface area contributed by atoms with Crippen LogP contribution in [0.3, 0.4) is 0 Å². The first-order valence-electron chi connectivity index (χ1n) is 36.7. The lowest BCUT2D eigenvalue weighted by Gasteiger charge is -2.35. The van der Waals surface area contributed by atoms with Crippen LogP contribution >= 0.6 is 0 Å². The predicted molar refractivity (Wildman–Crippen MR) is 395 cm³/mol. The second kappa shape index (κ2) is 49.0. The van der Waals surface area contributed by atoms with Crippen molar-refractivity contribution in [3.05, 3.63) is 65.2 Å². The van der Waals surface area contributed by atoms with Crippen LogP contribution in [-0.4, -0.2) is 367 Å². The molecule has 622 valence electrons. The van der Waals surface area contributed by atoms with E-state index in [1.54, 1.807) is 50.2 Å². The van der Waals surface area contributed by atoms with Gasteiger partial charge in [0.25, 0.3) is 0 Å². The maximum Gasteiger partial charge on any atom is 0.320 e. The van der Waals surface area contributed by atoms with Gasteiger partial charge in [-0.15, -0.1) is 0 Å². The topological polar surface area (TPSA) is 591 Å². The summed E-state index contributed by atoms with van der Waals surface area (Å²) in [5.41, 5.74) is 6.98. The van der Waals surface area contributed by atoms with Gasteiger partial charge in [0.1, 0.15) is 42.0 Å². The van der Waals surface area contributed by atoms with Crippen LogP contribution < -0.4 is 43.0 Å². The Balaban J connectivity index is 1.58. The van der Waals surface area contributed by atoms with Crippen molar-refractivity contribution in [2.24, 2.45) is 11.7 Å². The number of aromatic hydroxyl groups is 1. The first-order chi connectivity index (χ1) is 53.0. The third-order valence-corrected chi connectivity index (χ3v) is 18.9. The predicted octanol–water partition coefficient (Wildman–Crippen LogP) is -5.33. The van der Waals surface area contributed by atoms with Gasteiger partial charge in [-0.2, -0.15) is 0 Å². The Hall–Kier alpha value is -10.6. The van der Waals surface area contributed by atoms with Gasteiger partial charge in [0.15, 0.2) is 0 Å². The van der Waals surface area contributed by atoms with Gasteiger partial charge in [0.2, 0.25) is 47.3 Å². The largest absolute Gasteiger partial charge is 0.508 e. The zero-order valence-electron chi connectivity index (χ0n) is 63.2. The molecule has 41 heteroatoms. The Morgan fingerprint density at radius 3 is 1.08 bits per heavy atom. The van der Waals surface area contributed by atoms with Gasteiger partial charge in [-0.05, 0) is 54.0 Å². The van der Waals surface area contributed by atoms with Gasteiger partial charge in [-0.1, -0.05) is 56.7 Å². The fraction of sp³-hybridized carbons (Fsp3) is 0.606. The van der Waals surface area contributed by atoms with Crippen molar-refractivity contribution in [3.63, 3.8) is 0 Å². The van der Waals surface area contributed by atoms with E-state index in [-0.39, 0.29) is 143 Å². The minimum absolute atomic E-state index is 0.00753. The zero-order chi connectivity index (χ0) is 83.1. The fourth-order valence-electron chi connectivity index (χ4n) is 12.6. The van der Waals surface area contributed by atoms with Gasteiger partial charge >= 0.3 is 47.8 Å². The maximum absolute atomic E-state index is 14.3. The lowest BCUT2D eigenvalue weighted by Crippen LogP contribution is -2.58. The monoisotopic (exact) mass is 1580 g/mol. The molecule has 0 aliphatic carbocycles. The third-order valence-electron chi connectivity index (χ3n) is 18.9. The summed E-state index contributed by atoms with van der Waals surface area (Å²) in [6.07, 6.45) is -2.16. The maximum atomic E-state index is 14.3. The van der Waals surface area contributed by atoms with Crippen LogP contribution in [0.15, 0.2) is 48.5 Å². The minimum Gasteiger partial charge on any atom is -0.508 e. The molecule has 2 heterocycles. The quantitative estimate of drug-likeness (QED) is 0.0295. The molecule has 18 N–H and O–H groups in total.